The van der Waals surface area contributed by atoms with Crippen molar-refractivity contribution in [3.63, 3.8) is 0 Å². The quantitative estimate of drug-likeness (QED) is 0.122. The summed E-state index contributed by atoms with van der Waals surface area (Å²) in [6.07, 6.45) is 20.7. The lowest BCUT2D eigenvalue weighted by Gasteiger charge is -2.27. The Balaban J connectivity index is 1.54. The fraction of sp³-hybridized carbons (Fsp3) is 0.617. The van der Waals surface area contributed by atoms with E-state index in [4.69, 9.17) is 14.5 Å². The van der Waals surface area contributed by atoms with Gasteiger partial charge in [-0.2, -0.15) is 0 Å². The van der Waals surface area contributed by atoms with Gasteiger partial charge in [-0.25, -0.2) is 0 Å². The van der Waals surface area contributed by atoms with Gasteiger partial charge in [0, 0.05) is 30.1 Å². The van der Waals surface area contributed by atoms with E-state index in [1.807, 2.05) is 0 Å². The van der Waals surface area contributed by atoms with Crippen LogP contribution in [0.1, 0.15) is 151 Å². The smallest absolute Gasteiger partial charge is 0.165 e. The number of nitrogens with zero attached hydrogens (tertiary/aromatic N) is 2. The van der Waals surface area contributed by atoms with Crippen molar-refractivity contribution in [3.8, 4) is 11.5 Å². The van der Waals surface area contributed by atoms with Crippen LogP contribution in [0.5, 0.6) is 11.5 Å². The maximum absolute atomic E-state index is 13.2. The zero-order valence-electron chi connectivity index (χ0n) is 34.5. The summed E-state index contributed by atoms with van der Waals surface area (Å²) in [5, 5.41) is 4.03. The summed E-state index contributed by atoms with van der Waals surface area (Å²) >= 11 is 0. The summed E-state index contributed by atoms with van der Waals surface area (Å²) in [4.78, 5) is 20.5. The standard InChI is InChI=1S/C47H71N3O3/c1-8-16-38(17-9-2)47(51)39-29-27-35(28-30-39)19-11-12-20-36-21-15-26-45(48-31-32-50(4)5)49-46(42(36)18-10-3)37-22-13-24-40-33-43(52-6)44(53-7)34-41(40)25-14-23-37/h27-30,33-34,38H,8-26,31-32H2,1-7H3,(H,48,49)/b42-36-. The summed E-state index contributed by atoms with van der Waals surface area (Å²) in [5.74, 6) is 3.32. The molecule has 0 saturated carbocycles. The highest BCUT2D eigenvalue weighted by molar-refractivity contribution is 5.97. The highest BCUT2D eigenvalue weighted by atomic mass is 16.5. The molecule has 0 radical (unpaired) electrons. The average molecular weight is 726 g/mol. The number of carbonyl (C=O) groups excluding carboxylic acids is 1. The van der Waals surface area contributed by atoms with Crippen molar-refractivity contribution in [2.24, 2.45) is 10.9 Å². The molecular formula is C47H71N3O3. The number of methoxy groups -OCH3 is 2. The summed E-state index contributed by atoms with van der Waals surface area (Å²) in [7, 11) is 7.72. The lowest BCUT2D eigenvalue weighted by atomic mass is 9.87. The topological polar surface area (TPSA) is 63.2 Å². The molecule has 1 aliphatic heterocycles. The Labute approximate surface area is 322 Å². The second kappa shape index (κ2) is 22.7. The monoisotopic (exact) mass is 726 g/mol. The second-order valence-electron chi connectivity index (χ2n) is 15.6. The van der Waals surface area contributed by atoms with Crippen LogP contribution in [0.25, 0.3) is 0 Å². The van der Waals surface area contributed by atoms with Gasteiger partial charge < -0.3 is 19.7 Å². The Morgan fingerprint density at radius 1 is 0.774 bits per heavy atom. The first kappa shape index (κ1) is 42.4. The van der Waals surface area contributed by atoms with Crippen molar-refractivity contribution in [3.05, 3.63) is 81.1 Å². The molecule has 0 fully saturated rings. The minimum Gasteiger partial charge on any atom is -0.493 e. The SMILES string of the molecule is CCC/C1=C(\CCCCc2ccc(C(=O)C(CCC)CCC)cc2)CCCC(=NCCN(C)C)NC1=C1CCCc2cc(OC)c(OC)cc2CCC1. The highest BCUT2D eigenvalue weighted by Gasteiger charge is 2.22. The molecule has 0 bridgehead atoms. The number of fused-ring (bicyclic) bond motifs is 1. The van der Waals surface area contributed by atoms with Gasteiger partial charge in [-0.05, 0) is 150 Å². The number of ketones is 1. The molecule has 53 heavy (non-hydrogen) atoms. The van der Waals surface area contributed by atoms with Crippen LogP contribution in [-0.2, 0) is 19.3 Å². The van der Waals surface area contributed by atoms with Crippen molar-refractivity contribution in [1.82, 2.24) is 10.2 Å². The number of hydrogen-bond acceptors (Lipinski definition) is 5. The Morgan fingerprint density at radius 3 is 1.94 bits per heavy atom. The molecule has 0 saturated heterocycles. The third kappa shape index (κ3) is 12.9. The van der Waals surface area contributed by atoms with Gasteiger partial charge in [-0.1, -0.05) is 69.9 Å². The number of aryl methyl sites for hydroxylation is 3. The maximum Gasteiger partial charge on any atom is 0.165 e. The lowest BCUT2D eigenvalue weighted by molar-refractivity contribution is 0.0905. The summed E-state index contributed by atoms with van der Waals surface area (Å²) in [5.41, 5.74) is 11.2. The zero-order valence-corrected chi connectivity index (χ0v) is 34.5. The van der Waals surface area contributed by atoms with Crippen molar-refractivity contribution in [1.29, 1.82) is 0 Å². The van der Waals surface area contributed by atoms with E-state index in [9.17, 15) is 4.79 Å². The predicted octanol–water partition coefficient (Wildman–Crippen LogP) is 11.3. The number of nitrogens with one attached hydrogen (secondary N) is 1. The van der Waals surface area contributed by atoms with Crippen molar-refractivity contribution < 1.29 is 14.3 Å². The molecule has 6 heteroatoms. The molecule has 6 nitrogen and oxygen atoms in total. The van der Waals surface area contributed by atoms with Crippen LogP contribution in [0.3, 0.4) is 0 Å². The van der Waals surface area contributed by atoms with E-state index in [0.29, 0.717) is 5.78 Å². The maximum atomic E-state index is 13.2. The van der Waals surface area contributed by atoms with Gasteiger partial charge in [-0.15, -0.1) is 0 Å². The van der Waals surface area contributed by atoms with E-state index < -0.39 is 0 Å². The van der Waals surface area contributed by atoms with Gasteiger partial charge in [0.1, 0.15) is 5.84 Å². The number of allylic oxidation sites excluding steroid dienone is 3. The number of unbranched alkanes of at least 4 members (excludes halogenated alkanes) is 1. The van der Waals surface area contributed by atoms with Crippen LogP contribution >= 0.6 is 0 Å². The molecule has 0 amide bonds. The largest absolute Gasteiger partial charge is 0.493 e. The van der Waals surface area contributed by atoms with Crippen LogP contribution < -0.4 is 14.8 Å². The molecule has 2 aliphatic rings. The van der Waals surface area contributed by atoms with Gasteiger partial charge in [0.05, 0.1) is 20.8 Å². The van der Waals surface area contributed by atoms with E-state index in [2.05, 4.69) is 81.5 Å². The number of hydrogen-bond donors (Lipinski definition) is 1. The van der Waals surface area contributed by atoms with Crippen LogP contribution in [0.15, 0.2) is 63.8 Å². The van der Waals surface area contributed by atoms with E-state index >= 15 is 0 Å². The number of aliphatic imine (C=N–C) groups is 1. The molecule has 2 aromatic carbocycles. The van der Waals surface area contributed by atoms with E-state index in [0.717, 1.165) is 152 Å². The lowest BCUT2D eigenvalue weighted by Crippen LogP contribution is -2.29. The number of ether oxygens (including phenoxy) is 2. The third-order valence-corrected chi connectivity index (χ3v) is 11.2. The van der Waals surface area contributed by atoms with Crippen LogP contribution in [-0.4, -0.2) is 57.9 Å². The predicted molar refractivity (Wildman–Crippen MR) is 224 cm³/mol. The fourth-order valence-electron chi connectivity index (χ4n) is 8.34. The Kier molecular flexibility index (Phi) is 18.2. The molecule has 0 aromatic heterocycles. The molecular weight excluding hydrogens is 655 g/mol. The van der Waals surface area contributed by atoms with Crippen LogP contribution in [0.2, 0.25) is 0 Å². The number of benzene rings is 2. The number of Topliss-reactive ketones (excluding diaryl/α,β-unsaturated/α-hetero) is 1. The van der Waals surface area contributed by atoms with E-state index in [-0.39, 0.29) is 5.92 Å². The number of likely N-dealkylation sites (N-methyl/N-ethyl adjacent to an activating group) is 1. The van der Waals surface area contributed by atoms with E-state index in [1.54, 1.807) is 30.9 Å². The first-order valence-corrected chi connectivity index (χ1v) is 21.1. The second-order valence-corrected chi connectivity index (χ2v) is 15.6. The summed E-state index contributed by atoms with van der Waals surface area (Å²) < 4.78 is 11.4. The minimum atomic E-state index is 0.163. The first-order chi connectivity index (χ1) is 25.8. The zero-order chi connectivity index (χ0) is 38.0. The number of rotatable bonds is 18. The van der Waals surface area contributed by atoms with Crippen molar-refractivity contribution >= 4 is 11.6 Å². The summed E-state index contributed by atoms with van der Waals surface area (Å²) in [6.45, 7) is 8.48. The normalized spacial score (nSPS) is 17.9. The highest BCUT2D eigenvalue weighted by Crippen LogP contribution is 2.37. The third-order valence-electron chi connectivity index (χ3n) is 11.2. The molecule has 1 N–H and O–H groups in total. The molecule has 1 heterocycles. The van der Waals surface area contributed by atoms with Gasteiger partial charge >= 0.3 is 0 Å². The molecule has 0 atom stereocenters. The van der Waals surface area contributed by atoms with Gasteiger partial charge in [0.2, 0.25) is 0 Å². The molecule has 292 valence electrons. The molecule has 1 aliphatic carbocycles. The van der Waals surface area contributed by atoms with Gasteiger partial charge in [-0.3, -0.25) is 9.79 Å². The molecule has 0 unspecified atom stereocenters. The van der Waals surface area contributed by atoms with Crippen molar-refractivity contribution in [2.75, 3.05) is 41.4 Å². The number of amidine groups is 1. The average Bonchev–Trinajstić information content (AvgIpc) is 3.25. The molecule has 0 spiro atoms. The Morgan fingerprint density at radius 2 is 1.38 bits per heavy atom. The van der Waals surface area contributed by atoms with E-state index in [1.165, 1.54) is 28.8 Å². The fourth-order valence-corrected chi connectivity index (χ4v) is 8.34. The Bertz CT molecular complexity index is 1490. The minimum absolute atomic E-state index is 0.163. The summed E-state index contributed by atoms with van der Waals surface area (Å²) in [6, 6.07) is 13.0. The van der Waals surface area contributed by atoms with Crippen LogP contribution in [0.4, 0.5) is 0 Å². The van der Waals surface area contributed by atoms with Crippen molar-refractivity contribution in [2.45, 2.75) is 143 Å². The van der Waals surface area contributed by atoms with Gasteiger partial charge in [0.25, 0.3) is 0 Å². The van der Waals surface area contributed by atoms with Gasteiger partial charge in [0.15, 0.2) is 17.3 Å². The molecule has 2 aromatic rings. The van der Waals surface area contributed by atoms with Crippen LogP contribution in [0, 0.1) is 5.92 Å². The molecule has 4 rings (SSSR count). The first-order valence-electron chi connectivity index (χ1n) is 21.1. The Hall–Kier alpha value is -3.38. The number of carbonyl (C=O) groups is 1.